The lowest BCUT2D eigenvalue weighted by Crippen LogP contribution is -2.53. The predicted molar refractivity (Wildman–Crippen MR) is 191 cm³/mol. The zero-order chi connectivity index (χ0) is 34.3. The number of rotatable bonds is 13. The first-order valence-electron chi connectivity index (χ1n) is 15.2. The second kappa shape index (κ2) is 16.0. The van der Waals surface area contributed by atoms with Crippen LogP contribution in [-0.2, 0) is 32.6 Å². The highest BCUT2D eigenvalue weighted by Crippen LogP contribution is 2.31. The molecule has 2 amide bonds. The molecule has 4 rings (SSSR count). The van der Waals surface area contributed by atoms with E-state index in [1.165, 1.54) is 23.1 Å². The van der Waals surface area contributed by atoms with Crippen molar-refractivity contribution < 1.29 is 18.0 Å². The number of halogens is 3. The fourth-order valence-electron chi connectivity index (χ4n) is 5.01. The van der Waals surface area contributed by atoms with Gasteiger partial charge in [-0.15, -0.1) is 0 Å². The molecule has 0 heterocycles. The smallest absolute Gasteiger partial charge is 0.264 e. The van der Waals surface area contributed by atoms with Crippen molar-refractivity contribution in [3.05, 3.63) is 128 Å². The molecule has 0 saturated carbocycles. The highest BCUT2D eigenvalue weighted by Gasteiger charge is 2.35. The zero-order valence-corrected chi connectivity index (χ0v) is 29.8. The second-order valence-corrected chi connectivity index (χ2v) is 15.0. The topological polar surface area (TPSA) is 86.8 Å². The molecule has 0 aliphatic carbocycles. The van der Waals surface area contributed by atoms with Crippen molar-refractivity contribution in [3.63, 3.8) is 0 Å². The summed E-state index contributed by atoms with van der Waals surface area (Å²) in [6, 6.07) is 24.7. The van der Waals surface area contributed by atoms with Crippen LogP contribution in [0.5, 0.6) is 0 Å². The molecule has 0 unspecified atom stereocenters. The molecule has 0 spiro atoms. The molecule has 4 aromatic carbocycles. The first-order chi connectivity index (χ1) is 22.3. The van der Waals surface area contributed by atoms with Gasteiger partial charge in [-0.2, -0.15) is 0 Å². The summed E-state index contributed by atoms with van der Waals surface area (Å²) in [4.78, 5) is 30.0. The summed E-state index contributed by atoms with van der Waals surface area (Å²) in [6.45, 7) is 7.33. The lowest BCUT2D eigenvalue weighted by atomic mass is 10.0. The molecule has 0 aliphatic rings. The lowest BCUT2D eigenvalue weighted by Gasteiger charge is -2.34. The third-order valence-corrected chi connectivity index (χ3v) is 10.4. The van der Waals surface area contributed by atoms with Crippen LogP contribution in [-0.4, -0.2) is 44.3 Å². The molecular formula is C36H38Cl3N3O4S. The van der Waals surface area contributed by atoms with E-state index < -0.39 is 28.5 Å². The van der Waals surface area contributed by atoms with Crippen LogP contribution in [0, 0.1) is 19.8 Å². The van der Waals surface area contributed by atoms with E-state index in [2.05, 4.69) is 5.32 Å². The number of anilines is 1. The monoisotopic (exact) mass is 713 g/mol. The van der Waals surface area contributed by atoms with E-state index in [4.69, 9.17) is 34.8 Å². The fraction of sp³-hybridized carbons (Fsp3) is 0.278. The Morgan fingerprint density at radius 1 is 0.809 bits per heavy atom. The van der Waals surface area contributed by atoms with Gasteiger partial charge in [-0.1, -0.05) is 109 Å². The van der Waals surface area contributed by atoms with Gasteiger partial charge in [0.05, 0.1) is 20.6 Å². The van der Waals surface area contributed by atoms with Crippen LogP contribution in [0.3, 0.4) is 0 Å². The Bertz CT molecular complexity index is 1820. The molecule has 0 aromatic heterocycles. The summed E-state index contributed by atoms with van der Waals surface area (Å²) in [5, 5.41) is 3.92. The molecule has 0 bridgehead atoms. The number of sulfonamides is 1. The van der Waals surface area contributed by atoms with Gasteiger partial charge in [-0.3, -0.25) is 13.9 Å². The van der Waals surface area contributed by atoms with E-state index in [-0.39, 0.29) is 35.4 Å². The zero-order valence-electron chi connectivity index (χ0n) is 26.7. The number of aryl methyl sites for hydroxylation is 2. The van der Waals surface area contributed by atoms with Crippen LogP contribution in [0.25, 0.3) is 0 Å². The Labute approximate surface area is 292 Å². The molecule has 0 aliphatic heterocycles. The van der Waals surface area contributed by atoms with Crippen LogP contribution in [0.1, 0.15) is 36.1 Å². The van der Waals surface area contributed by atoms with Gasteiger partial charge in [-0.05, 0) is 72.9 Å². The summed E-state index contributed by atoms with van der Waals surface area (Å²) in [5.74, 6) is -0.786. The average Bonchev–Trinajstić information content (AvgIpc) is 3.03. The minimum atomic E-state index is -4.26. The molecule has 7 nitrogen and oxygen atoms in total. The van der Waals surface area contributed by atoms with Gasteiger partial charge in [0.15, 0.2) is 0 Å². The van der Waals surface area contributed by atoms with Crippen LogP contribution in [0.4, 0.5) is 5.69 Å². The van der Waals surface area contributed by atoms with Crippen molar-refractivity contribution in [1.82, 2.24) is 10.2 Å². The SMILES string of the molecule is Cc1ccc(S(=O)(=O)N(CC(=O)N(Cc2ccc(Cl)c(Cl)c2)[C@@H](Cc2ccccc2)C(=O)NCC(C)C)c2cc(Cl)ccc2C)cc1. The van der Waals surface area contributed by atoms with Gasteiger partial charge in [0, 0.05) is 24.5 Å². The Kier molecular flexibility index (Phi) is 12.4. The molecule has 47 heavy (non-hydrogen) atoms. The van der Waals surface area contributed by atoms with E-state index in [0.717, 1.165) is 15.4 Å². The van der Waals surface area contributed by atoms with Crippen molar-refractivity contribution in [1.29, 1.82) is 0 Å². The molecular weight excluding hydrogens is 677 g/mol. The molecule has 1 atom stereocenters. The van der Waals surface area contributed by atoms with Crippen LogP contribution >= 0.6 is 34.8 Å². The number of hydrogen-bond donors (Lipinski definition) is 1. The van der Waals surface area contributed by atoms with Crippen molar-refractivity contribution >= 4 is 62.3 Å². The van der Waals surface area contributed by atoms with Crippen molar-refractivity contribution in [2.24, 2.45) is 5.92 Å². The van der Waals surface area contributed by atoms with Crippen molar-refractivity contribution in [3.8, 4) is 0 Å². The third-order valence-electron chi connectivity index (χ3n) is 7.62. The standard InChI is InChI=1S/C36H38Cl3N3O4S/c1-24(2)21-40-36(44)34(19-27-8-6-5-7-9-27)41(22-28-13-17-31(38)32(39)18-28)35(43)23-42(33-20-29(37)14-12-26(33)4)47(45,46)30-15-10-25(3)11-16-30/h5-18,20,24,34H,19,21-23H2,1-4H3,(H,40,44)/t34-/m0/s1. The van der Waals surface area contributed by atoms with Gasteiger partial charge in [0.1, 0.15) is 12.6 Å². The van der Waals surface area contributed by atoms with Gasteiger partial charge in [-0.25, -0.2) is 8.42 Å². The molecule has 248 valence electrons. The first-order valence-corrected chi connectivity index (χ1v) is 17.7. The highest BCUT2D eigenvalue weighted by molar-refractivity contribution is 7.92. The first kappa shape index (κ1) is 36.3. The van der Waals surface area contributed by atoms with Crippen LogP contribution < -0.4 is 9.62 Å². The van der Waals surface area contributed by atoms with Gasteiger partial charge in [0.25, 0.3) is 10.0 Å². The molecule has 0 saturated heterocycles. The average molecular weight is 715 g/mol. The van der Waals surface area contributed by atoms with E-state index >= 15 is 0 Å². The summed E-state index contributed by atoms with van der Waals surface area (Å²) >= 11 is 18.9. The number of benzene rings is 4. The van der Waals surface area contributed by atoms with Crippen molar-refractivity contribution in [2.75, 3.05) is 17.4 Å². The number of hydrogen-bond acceptors (Lipinski definition) is 4. The molecule has 1 N–H and O–H groups in total. The Balaban J connectivity index is 1.84. The number of carbonyl (C=O) groups excluding carboxylic acids is 2. The van der Waals surface area contributed by atoms with Crippen LogP contribution in [0.15, 0.2) is 95.9 Å². The maximum Gasteiger partial charge on any atom is 0.264 e. The summed E-state index contributed by atoms with van der Waals surface area (Å²) < 4.78 is 29.6. The minimum Gasteiger partial charge on any atom is -0.354 e. The maximum absolute atomic E-state index is 14.6. The summed E-state index contributed by atoms with van der Waals surface area (Å²) in [7, 11) is -4.26. The Hall–Kier alpha value is -3.56. The predicted octanol–water partition coefficient (Wildman–Crippen LogP) is 7.87. The van der Waals surface area contributed by atoms with Gasteiger partial charge < -0.3 is 10.2 Å². The molecule has 11 heteroatoms. The van der Waals surface area contributed by atoms with E-state index in [9.17, 15) is 18.0 Å². The normalized spacial score (nSPS) is 12.1. The van der Waals surface area contributed by atoms with Crippen molar-refractivity contribution in [2.45, 2.75) is 51.6 Å². The fourth-order valence-corrected chi connectivity index (χ4v) is 6.97. The highest BCUT2D eigenvalue weighted by atomic mass is 35.5. The minimum absolute atomic E-state index is 0.0156. The number of amides is 2. The largest absolute Gasteiger partial charge is 0.354 e. The summed E-state index contributed by atoms with van der Waals surface area (Å²) in [6.07, 6.45) is 0.193. The van der Waals surface area contributed by atoms with Crippen LogP contribution in [0.2, 0.25) is 15.1 Å². The van der Waals surface area contributed by atoms with Gasteiger partial charge in [0.2, 0.25) is 11.8 Å². The van der Waals surface area contributed by atoms with E-state index in [1.807, 2.05) is 51.1 Å². The number of nitrogens with zero attached hydrogens (tertiary/aromatic N) is 2. The maximum atomic E-state index is 14.6. The third kappa shape index (κ3) is 9.51. The summed E-state index contributed by atoms with van der Waals surface area (Å²) in [5.41, 5.74) is 3.19. The second-order valence-electron chi connectivity index (χ2n) is 11.9. The Morgan fingerprint density at radius 3 is 2.13 bits per heavy atom. The quantitative estimate of drug-likeness (QED) is 0.153. The number of carbonyl (C=O) groups is 2. The molecule has 4 aromatic rings. The number of nitrogens with one attached hydrogen (secondary N) is 1. The van der Waals surface area contributed by atoms with E-state index in [1.54, 1.807) is 49.4 Å². The van der Waals surface area contributed by atoms with E-state index in [0.29, 0.717) is 32.7 Å². The molecule has 0 fully saturated rings. The Morgan fingerprint density at radius 2 is 1.49 bits per heavy atom. The van der Waals surface area contributed by atoms with Gasteiger partial charge >= 0.3 is 0 Å². The lowest BCUT2D eigenvalue weighted by molar-refractivity contribution is -0.140. The molecule has 0 radical (unpaired) electrons.